The average Bonchev–Trinajstić information content (AvgIpc) is 2.46. The molecule has 0 amide bonds. The Bertz CT molecular complexity index is 317. The number of carboxylic acids is 1. The number of aromatic nitrogens is 3. The summed E-state index contributed by atoms with van der Waals surface area (Å²) in [7, 11) is 0. The van der Waals surface area contributed by atoms with E-state index >= 15 is 0 Å². The number of hydrogen-bond donors (Lipinski definition) is 1. The zero-order valence-electron chi connectivity index (χ0n) is 7.98. The maximum atomic E-state index is 10.7. The summed E-state index contributed by atoms with van der Waals surface area (Å²) in [5, 5.41) is 16.2. The molecule has 1 heterocycles. The van der Waals surface area contributed by atoms with Crippen molar-refractivity contribution >= 4 is 5.97 Å². The van der Waals surface area contributed by atoms with Crippen molar-refractivity contribution in [2.75, 3.05) is 0 Å². The van der Waals surface area contributed by atoms with Gasteiger partial charge in [-0.25, -0.2) is 9.48 Å². The minimum Gasteiger partial charge on any atom is -0.476 e. The number of rotatable bonds is 3. The molecule has 0 fully saturated rings. The molecule has 1 N–H and O–H groups in total. The molecule has 0 saturated heterocycles. The Balaban J connectivity index is 3.18. The Labute approximate surface area is 76.4 Å². The van der Waals surface area contributed by atoms with Crippen LogP contribution in [-0.4, -0.2) is 26.1 Å². The van der Waals surface area contributed by atoms with Gasteiger partial charge in [0.05, 0.1) is 5.69 Å². The molecule has 72 valence electrons. The summed E-state index contributed by atoms with van der Waals surface area (Å²) in [5.74, 6) is -1.01. The molecule has 0 aliphatic rings. The molecule has 1 aromatic rings. The van der Waals surface area contributed by atoms with Crippen LogP contribution < -0.4 is 0 Å². The zero-order valence-corrected chi connectivity index (χ0v) is 7.98. The molecule has 5 nitrogen and oxygen atoms in total. The van der Waals surface area contributed by atoms with Crippen LogP contribution in [-0.2, 0) is 6.42 Å². The van der Waals surface area contributed by atoms with Crippen LogP contribution in [0.4, 0.5) is 0 Å². The van der Waals surface area contributed by atoms with E-state index in [-0.39, 0.29) is 11.7 Å². The summed E-state index contributed by atoms with van der Waals surface area (Å²) < 4.78 is 1.64. The van der Waals surface area contributed by atoms with Crippen LogP contribution in [0.25, 0.3) is 0 Å². The van der Waals surface area contributed by atoms with Crippen molar-refractivity contribution < 1.29 is 9.90 Å². The Morgan fingerprint density at radius 1 is 1.62 bits per heavy atom. The Morgan fingerprint density at radius 3 is 2.62 bits per heavy atom. The van der Waals surface area contributed by atoms with Crippen molar-refractivity contribution in [3.05, 3.63) is 11.4 Å². The Hall–Kier alpha value is -1.39. The lowest BCUT2D eigenvalue weighted by molar-refractivity contribution is 0.0689. The fraction of sp³-hybridized carbons (Fsp3) is 0.625. The highest BCUT2D eigenvalue weighted by atomic mass is 16.4. The minimum atomic E-state index is -1.01. The molecule has 0 unspecified atom stereocenters. The molecule has 0 atom stereocenters. The molecule has 5 heteroatoms. The molecule has 0 bridgehead atoms. The highest BCUT2D eigenvalue weighted by Gasteiger charge is 2.18. The SMILES string of the molecule is CCc1c(C(=O)O)nnn1C(C)C. The second-order valence-electron chi connectivity index (χ2n) is 3.08. The van der Waals surface area contributed by atoms with Gasteiger partial charge in [-0.2, -0.15) is 0 Å². The smallest absolute Gasteiger partial charge is 0.358 e. The molecule has 0 spiro atoms. The van der Waals surface area contributed by atoms with E-state index in [9.17, 15) is 4.79 Å². The number of carboxylic acid groups (broad SMARTS) is 1. The predicted molar refractivity (Wildman–Crippen MR) is 46.7 cm³/mol. The van der Waals surface area contributed by atoms with Crippen molar-refractivity contribution in [2.45, 2.75) is 33.2 Å². The van der Waals surface area contributed by atoms with Crippen molar-refractivity contribution in [3.63, 3.8) is 0 Å². The first-order chi connectivity index (χ1) is 6.07. The van der Waals surface area contributed by atoms with Gasteiger partial charge >= 0.3 is 5.97 Å². The highest BCUT2D eigenvalue weighted by Crippen LogP contribution is 2.11. The molecule has 13 heavy (non-hydrogen) atoms. The lowest BCUT2D eigenvalue weighted by atomic mass is 10.2. The van der Waals surface area contributed by atoms with E-state index in [0.717, 1.165) is 0 Å². The minimum absolute atomic E-state index is 0.0659. The third-order valence-corrected chi connectivity index (χ3v) is 1.82. The van der Waals surface area contributed by atoms with Crippen LogP contribution in [0.15, 0.2) is 0 Å². The van der Waals surface area contributed by atoms with Crippen LogP contribution in [0.3, 0.4) is 0 Å². The third kappa shape index (κ3) is 1.68. The fourth-order valence-electron chi connectivity index (χ4n) is 1.22. The summed E-state index contributed by atoms with van der Waals surface area (Å²) in [4.78, 5) is 10.7. The normalized spacial score (nSPS) is 10.8. The van der Waals surface area contributed by atoms with Crippen molar-refractivity contribution in [1.29, 1.82) is 0 Å². The standard InChI is InChI=1S/C8H13N3O2/c1-4-6-7(8(12)13)9-10-11(6)5(2)3/h5H,4H2,1-3H3,(H,12,13). The van der Waals surface area contributed by atoms with Crippen LogP contribution >= 0.6 is 0 Å². The van der Waals surface area contributed by atoms with Gasteiger partial charge in [0.2, 0.25) is 0 Å². The maximum Gasteiger partial charge on any atom is 0.358 e. The fourth-order valence-corrected chi connectivity index (χ4v) is 1.22. The van der Waals surface area contributed by atoms with Crippen molar-refractivity contribution in [3.8, 4) is 0 Å². The molecular formula is C8H13N3O2. The van der Waals surface area contributed by atoms with E-state index in [2.05, 4.69) is 10.3 Å². The van der Waals surface area contributed by atoms with Gasteiger partial charge in [0.25, 0.3) is 0 Å². The van der Waals surface area contributed by atoms with Gasteiger partial charge < -0.3 is 5.11 Å². The molecule has 1 rings (SSSR count). The zero-order chi connectivity index (χ0) is 10.0. The van der Waals surface area contributed by atoms with E-state index in [4.69, 9.17) is 5.11 Å². The van der Waals surface area contributed by atoms with Gasteiger partial charge in [0.15, 0.2) is 5.69 Å². The molecule has 0 saturated carbocycles. The second kappa shape index (κ2) is 3.55. The monoisotopic (exact) mass is 183 g/mol. The lowest BCUT2D eigenvalue weighted by Gasteiger charge is -2.07. The first-order valence-electron chi connectivity index (χ1n) is 4.25. The van der Waals surface area contributed by atoms with E-state index in [1.807, 2.05) is 20.8 Å². The molecule has 0 aliphatic heterocycles. The number of hydrogen-bond acceptors (Lipinski definition) is 3. The largest absolute Gasteiger partial charge is 0.476 e. The summed E-state index contributed by atoms with van der Waals surface area (Å²) in [6, 6.07) is 0.149. The predicted octanol–water partition coefficient (Wildman–Crippen LogP) is 1.12. The van der Waals surface area contributed by atoms with E-state index in [0.29, 0.717) is 12.1 Å². The molecule has 0 aromatic carbocycles. The molecular weight excluding hydrogens is 170 g/mol. The maximum absolute atomic E-state index is 10.7. The van der Waals surface area contributed by atoms with Gasteiger partial charge in [-0.15, -0.1) is 5.10 Å². The topological polar surface area (TPSA) is 68.0 Å². The molecule has 1 aromatic heterocycles. The summed E-state index contributed by atoms with van der Waals surface area (Å²) in [6.45, 7) is 5.78. The van der Waals surface area contributed by atoms with E-state index < -0.39 is 5.97 Å². The third-order valence-electron chi connectivity index (χ3n) is 1.82. The summed E-state index contributed by atoms with van der Waals surface area (Å²) in [5.41, 5.74) is 0.749. The summed E-state index contributed by atoms with van der Waals surface area (Å²) >= 11 is 0. The Morgan fingerprint density at radius 2 is 2.23 bits per heavy atom. The first kappa shape index (κ1) is 9.70. The summed E-state index contributed by atoms with van der Waals surface area (Å²) in [6.07, 6.45) is 0.632. The second-order valence-corrected chi connectivity index (χ2v) is 3.08. The highest BCUT2D eigenvalue weighted by molar-refractivity contribution is 5.86. The van der Waals surface area contributed by atoms with Crippen LogP contribution in [0.2, 0.25) is 0 Å². The van der Waals surface area contributed by atoms with Gasteiger partial charge in [-0.3, -0.25) is 0 Å². The van der Waals surface area contributed by atoms with Crippen molar-refractivity contribution in [1.82, 2.24) is 15.0 Å². The average molecular weight is 183 g/mol. The first-order valence-corrected chi connectivity index (χ1v) is 4.25. The van der Waals surface area contributed by atoms with Gasteiger partial charge in [-0.05, 0) is 20.3 Å². The van der Waals surface area contributed by atoms with Crippen LogP contribution in [0.1, 0.15) is 43.0 Å². The van der Waals surface area contributed by atoms with Crippen molar-refractivity contribution in [2.24, 2.45) is 0 Å². The number of carbonyl (C=O) groups is 1. The van der Waals surface area contributed by atoms with Gasteiger partial charge in [0.1, 0.15) is 0 Å². The van der Waals surface area contributed by atoms with E-state index in [1.54, 1.807) is 4.68 Å². The number of nitrogens with zero attached hydrogens (tertiary/aromatic N) is 3. The van der Waals surface area contributed by atoms with Gasteiger partial charge in [0, 0.05) is 6.04 Å². The van der Waals surface area contributed by atoms with E-state index in [1.165, 1.54) is 0 Å². The Kier molecular flexibility index (Phi) is 2.65. The van der Waals surface area contributed by atoms with Gasteiger partial charge in [-0.1, -0.05) is 12.1 Å². The molecule has 0 aliphatic carbocycles. The quantitative estimate of drug-likeness (QED) is 0.762. The molecule has 0 radical (unpaired) electrons. The van der Waals surface area contributed by atoms with Crippen LogP contribution in [0, 0.1) is 0 Å². The number of aromatic carboxylic acids is 1. The van der Waals surface area contributed by atoms with Crippen LogP contribution in [0.5, 0.6) is 0 Å². The lowest BCUT2D eigenvalue weighted by Crippen LogP contribution is -2.09.